The van der Waals surface area contributed by atoms with Crippen molar-refractivity contribution in [1.29, 1.82) is 0 Å². The molecule has 0 bridgehead atoms. The van der Waals surface area contributed by atoms with Gasteiger partial charge in [-0.3, -0.25) is 0 Å². The molecule has 0 aliphatic carbocycles. The number of fused-ring (bicyclic) bond motifs is 1. The fourth-order valence-electron chi connectivity index (χ4n) is 2.97. The number of benzene rings is 3. The molecule has 4 rings (SSSR count). The fourth-order valence-corrected chi connectivity index (χ4v) is 2.97. The third kappa shape index (κ3) is 4.15. The quantitative estimate of drug-likeness (QED) is 0.507. The summed E-state index contributed by atoms with van der Waals surface area (Å²) >= 11 is 0. The molecule has 0 saturated carbocycles. The second kappa shape index (κ2) is 8.01. The average Bonchev–Trinajstić information content (AvgIpc) is 3.11. The van der Waals surface area contributed by atoms with Crippen LogP contribution in [0.5, 0.6) is 5.75 Å². The summed E-state index contributed by atoms with van der Waals surface area (Å²) in [7, 11) is 0. The number of hydrogen-bond acceptors (Lipinski definition) is 3. The van der Waals surface area contributed by atoms with Gasteiger partial charge in [-0.1, -0.05) is 48.5 Å². The second-order valence-electron chi connectivity index (χ2n) is 6.29. The van der Waals surface area contributed by atoms with E-state index < -0.39 is 0 Å². The smallest absolute Gasteiger partial charge is 0.129 e. The number of para-hydroxylation sites is 3. The van der Waals surface area contributed by atoms with Gasteiger partial charge in [0.1, 0.15) is 24.0 Å². The highest BCUT2D eigenvalue weighted by atomic mass is 19.1. The topological polar surface area (TPSA) is 49.9 Å². The molecule has 0 aliphatic rings. The number of halogens is 1. The van der Waals surface area contributed by atoms with Crippen LogP contribution in [0.4, 0.5) is 4.39 Å². The molecule has 1 aromatic heterocycles. The minimum absolute atomic E-state index is 0.202. The van der Waals surface area contributed by atoms with Gasteiger partial charge in [-0.05, 0) is 24.3 Å². The maximum atomic E-state index is 13.8. The van der Waals surface area contributed by atoms with Crippen molar-refractivity contribution in [3.63, 3.8) is 0 Å². The Labute approximate surface area is 157 Å². The van der Waals surface area contributed by atoms with E-state index in [1.54, 1.807) is 12.1 Å². The average molecular weight is 361 g/mol. The molecule has 0 spiro atoms. The Balaban J connectivity index is 1.38. The SMILES string of the molecule is Fc1ccccc1COc1ccccc1CNCc1nc2ccccc2[nH]1. The highest BCUT2D eigenvalue weighted by Gasteiger charge is 2.07. The van der Waals surface area contributed by atoms with Gasteiger partial charge in [0.25, 0.3) is 0 Å². The summed E-state index contributed by atoms with van der Waals surface area (Å²) in [6.45, 7) is 1.45. The Kier molecular flexibility index (Phi) is 5.12. The number of aromatic amines is 1. The Bertz CT molecular complexity index is 1010. The Morgan fingerprint density at radius 2 is 1.59 bits per heavy atom. The van der Waals surface area contributed by atoms with E-state index >= 15 is 0 Å². The molecule has 3 aromatic carbocycles. The van der Waals surface area contributed by atoms with Gasteiger partial charge >= 0.3 is 0 Å². The molecule has 2 N–H and O–H groups in total. The molecule has 5 heteroatoms. The lowest BCUT2D eigenvalue weighted by atomic mass is 10.2. The molecule has 0 amide bonds. The van der Waals surface area contributed by atoms with Crippen LogP contribution in [0.1, 0.15) is 17.0 Å². The van der Waals surface area contributed by atoms with Crippen LogP contribution >= 0.6 is 0 Å². The van der Waals surface area contributed by atoms with Crippen molar-refractivity contribution in [3.05, 3.63) is 95.6 Å². The first kappa shape index (κ1) is 17.2. The van der Waals surface area contributed by atoms with Crippen LogP contribution < -0.4 is 10.1 Å². The first-order valence-electron chi connectivity index (χ1n) is 8.88. The summed E-state index contributed by atoms with van der Waals surface area (Å²) < 4.78 is 19.6. The van der Waals surface area contributed by atoms with Crippen molar-refractivity contribution < 1.29 is 9.13 Å². The first-order chi connectivity index (χ1) is 13.3. The van der Waals surface area contributed by atoms with E-state index in [4.69, 9.17) is 4.74 Å². The van der Waals surface area contributed by atoms with E-state index in [9.17, 15) is 4.39 Å². The van der Waals surface area contributed by atoms with Crippen molar-refractivity contribution in [2.24, 2.45) is 0 Å². The molecule has 0 radical (unpaired) electrons. The molecular weight excluding hydrogens is 341 g/mol. The summed E-state index contributed by atoms with van der Waals surface area (Å²) in [5.74, 6) is 1.39. The highest BCUT2D eigenvalue weighted by Crippen LogP contribution is 2.20. The normalized spacial score (nSPS) is 11.0. The zero-order valence-corrected chi connectivity index (χ0v) is 14.8. The number of hydrogen-bond donors (Lipinski definition) is 2. The minimum Gasteiger partial charge on any atom is -0.488 e. The summed E-state index contributed by atoms with van der Waals surface area (Å²) in [5, 5.41) is 3.38. The lowest BCUT2D eigenvalue weighted by Gasteiger charge is -2.12. The molecule has 4 nitrogen and oxygen atoms in total. The summed E-state index contributed by atoms with van der Waals surface area (Å²) in [6, 6.07) is 22.4. The van der Waals surface area contributed by atoms with Crippen molar-refractivity contribution in [3.8, 4) is 5.75 Å². The van der Waals surface area contributed by atoms with Gasteiger partial charge in [0.15, 0.2) is 0 Å². The standard InChI is InChI=1S/C22H20FN3O/c23-18-9-3-1-8-17(18)15-27-21-12-6-2-7-16(21)13-24-14-22-25-19-10-4-5-11-20(19)26-22/h1-12,24H,13-15H2,(H,25,26). The first-order valence-corrected chi connectivity index (χ1v) is 8.88. The monoisotopic (exact) mass is 361 g/mol. The number of rotatable bonds is 7. The zero-order chi connectivity index (χ0) is 18.5. The van der Waals surface area contributed by atoms with Crippen LogP contribution in [0, 0.1) is 5.82 Å². The van der Waals surface area contributed by atoms with E-state index in [0.717, 1.165) is 28.2 Å². The van der Waals surface area contributed by atoms with Crippen molar-refractivity contribution in [1.82, 2.24) is 15.3 Å². The van der Waals surface area contributed by atoms with Gasteiger partial charge in [0, 0.05) is 17.7 Å². The number of imidazole rings is 1. The maximum absolute atomic E-state index is 13.8. The molecule has 0 unspecified atom stereocenters. The minimum atomic E-state index is -0.252. The van der Waals surface area contributed by atoms with Crippen LogP contribution in [0.15, 0.2) is 72.8 Å². The van der Waals surface area contributed by atoms with Crippen LogP contribution in [0.25, 0.3) is 11.0 Å². The van der Waals surface area contributed by atoms with E-state index in [-0.39, 0.29) is 12.4 Å². The largest absolute Gasteiger partial charge is 0.488 e. The Hall–Kier alpha value is -3.18. The van der Waals surface area contributed by atoms with Crippen LogP contribution in [0.2, 0.25) is 0 Å². The van der Waals surface area contributed by atoms with Gasteiger partial charge in [0.05, 0.1) is 17.6 Å². The van der Waals surface area contributed by atoms with Gasteiger partial charge in [0.2, 0.25) is 0 Å². The molecule has 136 valence electrons. The van der Waals surface area contributed by atoms with E-state index in [1.807, 2.05) is 54.6 Å². The molecule has 0 fully saturated rings. The van der Waals surface area contributed by atoms with Crippen molar-refractivity contribution in [2.45, 2.75) is 19.7 Å². The maximum Gasteiger partial charge on any atom is 0.129 e. The molecule has 1 heterocycles. The van der Waals surface area contributed by atoms with E-state index in [1.165, 1.54) is 6.07 Å². The summed E-state index contributed by atoms with van der Waals surface area (Å²) in [5.41, 5.74) is 3.55. The van der Waals surface area contributed by atoms with Crippen molar-refractivity contribution in [2.75, 3.05) is 0 Å². The fraction of sp³-hybridized carbons (Fsp3) is 0.136. The molecule has 4 aromatic rings. The lowest BCUT2D eigenvalue weighted by molar-refractivity contribution is 0.296. The molecule has 0 saturated heterocycles. The number of aromatic nitrogens is 2. The summed E-state index contributed by atoms with van der Waals surface area (Å²) in [6.07, 6.45) is 0. The Morgan fingerprint density at radius 3 is 2.44 bits per heavy atom. The summed E-state index contributed by atoms with van der Waals surface area (Å²) in [4.78, 5) is 7.86. The molecular formula is C22H20FN3O. The molecule has 0 atom stereocenters. The van der Waals surface area contributed by atoms with Crippen LogP contribution in [-0.4, -0.2) is 9.97 Å². The Morgan fingerprint density at radius 1 is 0.852 bits per heavy atom. The highest BCUT2D eigenvalue weighted by molar-refractivity contribution is 5.74. The van der Waals surface area contributed by atoms with Gasteiger partial charge in [-0.15, -0.1) is 0 Å². The van der Waals surface area contributed by atoms with Crippen LogP contribution in [0.3, 0.4) is 0 Å². The predicted octanol–water partition coefficient (Wildman–Crippen LogP) is 4.57. The lowest BCUT2D eigenvalue weighted by Crippen LogP contribution is -2.14. The third-order valence-electron chi connectivity index (χ3n) is 4.36. The molecule has 27 heavy (non-hydrogen) atoms. The van der Waals surface area contributed by atoms with Crippen LogP contribution in [-0.2, 0) is 19.7 Å². The van der Waals surface area contributed by atoms with E-state index in [0.29, 0.717) is 18.7 Å². The molecule has 0 aliphatic heterocycles. The van der Waals surface area contributed by atoms with Gasteiger partial charge in [-0.25, -0.2) is 9.37 Å². The third-order valence-corrected chi connectivity index (χ3v) is 4.36. The predicted molar refractivity (Wildman–Crippen MR) is 104 cm³/mol. The van der Waals surface area contributed by atoms with Crippen molar-refractivity contribution >= 4 is 11.0 Å². The zero-order valence-electron chi connectivity index (χ0n) is 14.8. The number of nitrogens with zero attached hydrogens (tertiary/aromatic N) is 1. The number of nitrogens with one attached hydrogen (secondary N) is 2. The van der Waals surface area contributed by atoms with E-state index in [2.05, 4.69) is 15.3 Å². The van der Waals surface area contributed by atoms with Gasteiger partial charge in [-0.2, -0.15) is 0 Å². The second-order valence-corrected chi connectivity index (χ2v) is 6.29. The van der Waals surface area contributed by atoms with Gasteiger partial charge < -0.3 is 15.0 Å². The number of ether oxygens (including phenoxy) is 1. The number of H-pyrrole nitrogens is 1.